The molecule has 8 nitrogen and oxygen atoms in total. The van der Waals surface area contributed by atoms with Crippen LogP contribution < -0.4 is 5.56 Å². The van der Waals surface area contributed by atoms with Gasteiger partial charge < -0.3 is 9.97 Å². The van der Waals surface area contributed by atoms with Crippen LogP contribution in [0.25, 0.3) is 22.6 Å². The van der Waals surface area contributed by atoms with Crippen molar-refractivity contribution in [2.24, 2.45) is 0 Å². The fourth-order valence-corrected chi connectivity index (χ4v) is 1.95. The zero-order chi connectivity index (χ0) is 14.3. The third-order valence-electron chi connectivity index (χ3n) is 2.64. The second-order valence-electron chi connectivity index (χ2n) is 3.93. The molecule has 0 amide bonds. The molecule has 0 fully saturated rings. The molecule has 10 heteroatoms. The first kappa shape index (κ1) is 15.6. The van der Waals surface area contributed by atoms with Crippen LogP contribution in [-0.2, 0) is 0 Å². The molecule has 0 saturated carbocycles. The third kappa shape index (κ3) is 2.97. The van der Waals surface area contributed by atoms with E-state index in [9.17, 15) is 14.9 Å². The van der Waals surface area contributed by atoms with Gasteiger partial charge in [0, 0.05) is 36.0 Å². The largest absolute Gasteiger partial charge is 0.372 e. The summed E-state index contributed by atoms with van der Waals surface area (Å²) in [4.78, 5) is 34.0. The zero-order valence-corrected chi connectivity index (χ0v) is 15.2. The standard InChI is InChI=1S/C11H6N5O3S.U/c17-10-7-9(14-11(20)15-10)13-8(12-7)5-2-1-3-6(4-5)16(18)19;/h1,3-4H,(H3,12,13,14,15,17,20);/q-1;. The summed E-state index contributed by atoms with van der Waals surface area (Å²) < 4.78 is 0.156. The van der Waals surface area contributed by atoms with E-state index in [0.29, 0.717) is 11.4 Å². The third-order valence-corrected chi connectivity index (χ3v) is 2.85. The molecular formula is C11H6N5O3SU-. The van der Waals surface area contributed by atoms with E-state index in [-0.39, 0.29) is 52.7 Å². The van der Waals surface area contributed by atoms with Gasteiger partial charge >= 0.3 is 0 Å². The van der Waals surface area contributed by atoms with Crippen LogP contribution in [0.4, 0.5) is 5.69 Å². The summed E-state index contributed by atoms with van der Waals surface area (Å²) in [5.41, 5.74) is 0.394. The van der Waals surface area contributed by atoms with Crippen LogP contribution in [0.15, 0.2) is 23.0 Å². The minimum absolute atomic E-state index is 0. The Labute approximate surface area is 145 Å². The second-order valence-corrected chi connectivity index (χ2v) is 4.34. The number of hydrogen-bond acceptors (Lipinski definition) is 5. The van der Waals surface area contributed by atoms with Gasteiger partial charge in [-0.25, -0.2) is 0 Å². The number of aromatic amines is 3. The first-order chi connectivity index (χ1) is 9.54. The van der Waals surface area contributed by atoms with Crippen LogP contribution >= 0.6 is 12.2 Å². The average Bonchev–Trinajstić information content (AvgIpc) is 2.83. The van der Waals surface area contributed by atoms with E-state index in [0.717, 1.165) is 0 Å². The number of imidazole rings is 1. The van der Waals surface area contributed by atoms with Gasteiger partial charge in [-0.1, -0.05) is 12.1 Å². The molecular weight excluding hydrogens is 520 g/mol. The monoisotopic (exact) mass is 526 g/mol. The Hall–Kier alpha value is -1.76. The van der Waals surface area contributed by atoms with Gasteiger partial charge in [-0.3, -0.25) is 24.9 Å². The topological polar surface area (TPSA) is 120 Å². The summed E-state index contributed by atoms with van der Waals surface area (Å²) in [7, 11) is 0. The summed E-state index contributed by atoms with van der Waals surface area (Å²) >= 11 is 4.85. The van der Waals surface area contributed by atoms with Gasteiger partial charge in [0.05, 0.1) is 5.82 Å². The maximum absolute atomic E-state index is 11.7. The molecule has 104 valence electrons. The van der Waals surface area contributed by atoms with E-state index >= 15 is 0 Å². The summed E-state index contributed by atoms with van der Waals surface area (Å²) in [5, 5.41) is 10.7. The van der Waals surface area contributed by atoms with Crippen molar-refractivity contribution in [1.82, 2.24) is 19.9 Å². The Morgan fingerprint density at radius 1 is 1.33 bits per heavy atom. The average molecular weight is 526 g/mol. The van der Waals surface area contributed by atoms with Crippen LogP contribution in [0.5, 0.6) is 0 Å². The molecule has 0 spiro atoms. The molecule has 21 heavy (non-hydrogen) atoms. The summed E-state index contributed by atoms with van der Waals surface area (Å²) in [5.74, 6) is 0.297. The Morgan fingerprint density at radius 2 is 2.10 bits per heavy atom. The molecule has 2 aromatic heterocycles. The predicted octanol–water partition coefficient (Wildman–Crippen LogP) is 1.68. The van der Waals surface area contributed by atoms with Gasteiger partial charge in [0.1, 0.15) is 5.52 Å². The first-order valence-electron chi connectivity index (χ1n) is 5.43. The normalized spacial score (nSPS) is 10.3. The molecule has 0 bridgehead atoms. The number of nitrogens with one attached hydrogen (secondary N) is 3. The predicted molar refractivity (Wildman–Crippen MR) is 72.8 cm³/mol. The molecule has 3 N–H and O–H groups in total. The van der Waals surface area contributed by atoms with Gasteiger partial charge in [0.25, 0.3) is 5.56 Å². The number of benzene rings is 1. The van der Waals surface area contributed by atoms with Crippen LogP contribution in [0.1, 0.15) is 0 Å². The SMILES string of the molecule is O=c1[nH]c(=S)[nH]c2nc(-c3[c-]ccc([N+](=O)[O-])c3)[nH]c12.[U]. The molecule has 3 rings (SSSR count). The molecule has 0 aliphatic rings. The van der Waals surface area contributed by atoms with E-state index in [1.54, 1.807) is 0 Å². The zero-order valence-electron chi connectivity index (χ0n) is 10.3. The van der Waals surface area contributed by atoms with Crippen molar-refractivity contribution in [3.05, 3.63) is 49.5 Å². The maximum atomic E-state index is 11.7. The van der Waals surface area contributed by atoms with Crippen molar-refractivity contribution >= 4 is 29.1 Å². The first-order valence-corrected chi connectivity index (χ1v) is 5.84. The Bertz CT molecular complexity index is 945. The number of fused-ring (bicyclic) bond motifs is 1. The minimum atomic E-state index is -0.514. The number of H-pyrrole nitrogens is 3. The molecule has 0 aliphatic carbocycles. The molecule has 0 aliphatic heterocycles. The fraction of sp³-hybridized carbons (Fsp3) is 0. The van der Waals surface area contributed by atoms with Gasteiger partial charge in [-0.15, -0.1) is 17.7 Å². The van der Waals surface area contributed by atoms with Crippen molar-refractivity contribution in [2.45, 2.75) is 0 Å². The van der Waals surface area contributed by atoms with Crippen molar-refractivity contribution in [2.75, 3.05) is 0 Å². The Morgan fingerprint density at radius 3 is 2.81 bits per heavy atom. The number of hydrogen-bond donors (Lipinski definition) is 3. The van der Waals surface area contributed by atoms with E-state index in [1.165, 1.54) is 18.2 Å². The maximum Gasteiger partial charge on any atom is 0.276 e. The number of nitro groups is 1. The Balaban J connectivity index is 0.00000161. The number of rotatable bonds is 2. The summed E-state index contributed by atoms with van der Waals surface area (Å²) in [6.07, 6.45) is 0. The van der Waals surface area contributed by atoms with Crippen LogP contribution in [-0.4, -0.2) is 24.9 Å². The van der Waals surface area contributed by atoms with Crippen LogP contribution in [0.2, 0.25) is 0 Å². The van der Waals surface area contributed by atoms with Crippen molar-refractivity contribution in [1.29, 1.82) is 0 Å². The molecule has 0 atom stereocenters. The quantitative estimate of drug-likeness (QED) is 0.203. The van der Waals surface area contributed by atoms with Crippen LogP contribution in [0.3, 0.4) is 0 Å². The van der Waals surface area contributed by atoms with E-state index in [2.05, 4.69) is 26.0 Å². The molecule has 0 radical (unpaired) electrons. The van der Waals surface area contributed by atoms with Crippen molar-refractivity contribution < 1.29 is 36.0 Å². The van der Waals surface area contributed by atoms with Gasteiger partial charge in [0.2, 0.25) is 0 Å². The number of aromatic nitrogens is 4. The van der Waals surface area contributed by atoms with Crippen LogP contribution in [0, 0.1) is 52.1 Å². The van der Waals surface area contributed by atoms with E-state index in [1.807, 2.05) is 0 Å². The Kier molecular flexibility index (Phi) is 4.41. The molecule has 0 unspecified atom stereocenters. The number of nitrogens with zero attached hydrogens (tertiary/aromatic N) is 2. The second kappa shape index (κ2) is 5.93. The number of non-ortho nitro benzene ring substituents is 1. The van der Waals surface area contributed by atoms with Crippen molar-refractivity contribution in [3.63, 3.8) is 0 Å². The van der Waals surface area contributed by atoms with E-state index in [4.69, 9.17) is 12.2 Å². The summed E-state index contributed by atoms with van der Waals surface area (Å²) in [6, 6.07) is 6.89. The molecule has 0 saturated heterocycles. The van der Waals surface area contributed by atoms with Gasteiger partial charge in [-0.05, 0) is 12.2 Å². The molecule has 1 aromatic carbocycles. The van der Waals surface area contributed by atoms with Gasteiger partial charge in [0.15, 0.2) is 16.1 Å². The molecule has 2 heterocycles. The van der Waals surface area contributed by atoms with E-state index < -0.39 is 10.5 Å². The minimum Gasteiger partial charge on any atom is -0.372 e. The smallest absolute Gasteiger partial charge is 0.276 e. The number of nitro benzene ring substituents is 1. The van der Waals surface area contributed by atoms with Crippen molar-refractivity contribution in [3.8, 4) is 11.4 Å². The van der Waals surface area contributed by atoms with Gasteiger partial charge in [-0.2, -0.15) is 0 Å². The summed E-state index contributed by atoms with van der Waals surface area (Å²) in [6.45, 7) is 0. The molecule has 3 aromatic rings. The fourth-order valence-electron chi connectivity index (χ4n) is 1.76.